The summed E-state index contributed by atoms with van der Waals surface area (Å²) in [5, 5.41) is 5.70. The highest BCUT2D eigenvalue weighted by Gasteiger charge is 2.39. The highest BCUT2D eigenvalue weighted by atomic mass is 16.5. The Morgan fingerprint density at radius 1 is 0.931 bits per heavy atom. The number of hydrogen-bond acceptors (Lipinski definition) is 7. The molecule has 1 heterocycles. The molecule has 0 radical (unpaired) electrons. The lowest BCUT2D eigenvalue weighted by molar-refractivity contribution is -0.144. The molecule has 7 nitrogen and oxygen atoms in total. The summed E-state index contributed by atoms with van der Waals surface area (Å²) >= 11 is 0. The van der Waals surface area contributed by atoms with E-state index in [-0.39, 0.29) is 17.1 Å². The molecule has 29 heavy (non-hydrogen) atoms. The average Bonchev–Trinajstić information content (AvgIpc) is 2.77. The van der Waals surface area contributed by atoms with Crippen molar-refractivity contribution in [1.29, 1.82) is 0 Å². The van der Waals surface area contributed by atoms with Crippen molar-refractivity contribution >= 4 is 29.1 Å². The van der Waals surface area contributed by atoms with Gasteiger partial charge in [0.15, 0.2) is 6.04 Å². The van der Waals surface area contributed by atoms with Crippen molar-refractivity contribution in [2.75, 3.05) is 19.2 Å². The molecule has 0 saturated carbocycles. The molecule has 0 saturated heterocycles. The van der Waals surface area contributed by atoms with E-state index in [0.29, 0.717) is 11.3 Å². The van der Waals surface area contributed by atoms with E-state index in [9.17, 15) is 14.4 Å². The lowest BCUT2D eigenvalue weighted by Crippen LogP contribution is -2.46. The molecule has 2 aromatic carbocycles. The number of benzene rings is 2. The smallest absolute Gasteiger partial charge is 0.336 e. The van der Waals surface area contributed by atoms with Gasteiger partial charge in [-0.1, -0.05) is 48.0 Å². The molecule has 3 rings (SSSR count). The number of aryl methyl sites for hydroxylation is 1. The van der Waals surface area contributed by atoms with E-state index in [0.717, 1.165) is 5.56 Å². The van der Waals surface area contributed by atoms with Gasteiger partial charge in [-0.3, -0.25) is 4.79 Å². The minimum absolute atomic E-state index is 0.0114. The summed E-state index contributed by atoms with van der Waals surface area (Å²) in [5.41, 5.74) is 1.92. The van der Waals surface area contributed by atoms with Crippen LogP contribution >= 0.6 is 0 Å². The van der Waals surface area contributed by atoms with Gasteiger partial charge in [0, 0.05) is 5.56 Å². The molecule has 1 atom stereocenters. The fourth-order valence-electron chi connectivity index (χ4n) is 2.94. The Morgan fingerprint density at radius 2 is 1.59 bits per heavy atom. The van der Waals surface area contributed by atoms with Crippen LogP contribution in [0, 0.1) is 6.92 Å². The number of ketones is 1. The molecule has 0 N–H and O–H groups in total. The summed E-state index contributed by atoms with van der Waals surface area (Å²) in [6, 6.07) is 14.6. The van der Waals surface area contributed by atoms with Gasteiger partial charge in [-0.2, -0.15) is 5.10 Å². The maximum absolute atomic E-state index is 13.0. The Bertz CT molecular complexity index is 994. The highest BCUT2D eigenvalue weighted by Crippen LogP contribution is 2.27. The summed E-state index contributed by atoms with van der Waals surface area (Å²) in [6.07, 6.45) is 1.29. The predicted octanol–water partition coefficient (Wildman–Crippen LogP) is 2.69. The van der Waals surface area contributed by atoms with Crippen LogP contribution in [-0.4, -0.2) is 43.7 Å². The van der Waals surface area contributed by atoms with Gasteiger partial charge < -0.3 is 9.47 Å². The fraction of sp³-hybridized carbons (Fsp3) is 0.182. The third-order valence-corrected chi connectivity index (χ3v) is 4.46. The molecule has 0 amide bonds. The van der Waals surface area contributed by atoms with Crippen LogP contribution in [0.15, 0.2) is 71.3 Å². The Kier molecular flexibility index (Phi) is 5.87. The normalized spacial score (nSPS) is 15.8. The number of rotatable bonds is 5. The number of anilines is 1. The van der Waals surface area contributed by atoms with Crippen molar-refractivity contribution in [1.82, 2.24) is 0 Å². The van der Waals surface area contributed by atoms with E-state index >= 15 is 0 Å². The van der Waals surface area contributed by atoms with Gasteiger partial charge in [0.1, 0.15) is 5.71 Å². The first kappa shape index (κ1) is 20.0. The molecule has 0 spiro atoms. The number of Topliss-reactive ketones (excluding diaryl/α,β-unsaturated/α-hetero) is 1. The van der Waals surface area contributed by atoms with Gasteiger partial charge in [0.25, 0.3) is 0 Å². The molecular weight excluding hydrogens is 372 g/mol. The Labute approximate surface area is 168 Å². The SMILES string of the molecule is COC(=O)C1=CC(C(=O)c2ccccc2)=NN(c2ccc(C)cc2)C1C(=O)OC. The minimum Gasteiger partial charge on any atom is -0.467 e. The van der Waals surface area contributed by atoms with Gasteiger partial charge >= 0.3 is 11.9 Å². The molecule has 0 aromatic heterocycles. The van der Waals surface area contributed by atoms with Gasteiger partial charge in [0.05, 0.1) is 25.5 Å². The van der Waals surface area contributed by atoms with Crippen LogP contribution in [-0.2, 0) is 19.1 Å². The number of allylic oxidation sites excluding steroid dienone is 1. The first-order valence-electron chi connectivity index (χ1n) is 8.88. The minimum atomic E-state index is -1.18. The second kappa shape index (κ2) is 8.52. The quantitative estimate of drug-likeness (QED) is 0.575. The number of nitrogens with zero attached hydrogens (tertiary/aromatic N) is 2. The molecular formula is C22H20N2O5. The zero-order valence-electron chi connectivity index (χ0n) is 16.3. The molecule has 0 fully saturated rings. The van der Waals surface area contributed by atoms with Crippen LogP contribution in [0.3, 0.4) is 0 Å². The molecule has 0 aliphatic carbocycles. The molecule has 1 aliphatic heterocycles. The van der Waals surface area contributed by atoms with Crippen molar-refractivity contribution in [3.05, 3.63) is 77.4 Å². The van der Waals surface area contributed by atoms with E-state index in [1.54, 1.807) is 42.5 Å². The Balaban J connectivity index is 2.15. The first-order chi connectivity index (χ1) is 14.0. The van der Waals surface area contributed by atoms with Crippen molar-refractivity contribution in [3.63, 3.8) is 0 Å². The standard InChI is InChI=1S/C22H20N2O5/c1-14-9-11-16(12-10-14)24-19(22(27)29-3)17(21(26)28-2)13-18(23-24)20(25)15-7-5-4-6-8-15/h4-13,19H,1-3H3. The maximum Gasteiger partial charge on any atom is 0.336 e. The topological polar surface area (TPSA) is 85.3 Å². The van der Waals surface area contributed by atoms with E-state index < -0.39 is 18.0 Å². The van der Waals surface area contributed by atoms with E-state index in [2.05, 4.69) is 5.10 Å². The van der Waals surface area contributed by atoms with Crippen molar-refractivity contribution in [2.45, 2.75) is 13.0 Å². The average molecular weight is 392 g/mol. The van der Waals surface area contributed by atoms with Crippen LogP contribution in [0.2, 0.25) is 0 Å². The fourth-order valence-corrected chi connectivity index (χ4v) is 2.94. The molecule has 1 unspecified atom stereocenters. The Morgan fingerprint density at radius 3 is 2.17 bits per heavy atom. The molecule has 1 aliphatic rings. The Hall–Kier alpha value is -3.74. The molecule has 2 aromatic rings. The third kappa shape index (κ3) is 4.08. The summed E-state index contributed by atoms with van der Waals surface area (Å²) < 4.78 is 9.73. The van der Waals surface area contributed by atoms with Gasteiger partial charge in [0.2, 0.25) is 5.78 Å². The summed E-state index contributed by atoms with van der Waals surface area (Å²) in [7, 11) is 2.43. The number of carbonyl (C=O) groups excluding carboxylic acids is 3. The lowest BCUT2D eigenvalue weighted by Gasteiger charge is -2.31. The summed E-state index contributed by atoms with van der Waals surface area (Å²) in [4.78, 5) is 37.9. The zero-order chi connectivity index (χ0) is 21.0. The number of methoxy groups -OCH3 is 2. The van der Waals surface area contributed by atoms with Crippen LogP contribution in [0.1, 0.15) is 15.9 Å². The monoisotopic (exact) mass is 392 g/mol. The summed E-state index contributed by atoms with van der Waals surface area (Å²) in [5.74, 6) is -1.82. The number of hydrogen-bond donors (Lipinski definition) is 0. The molecule has 148 valence electrons. The van der Waals surface area contributed by atoms with Gasteiger partial charge in [-0.25, -0.2) is 14.6 Å². The lowest BCUT2D eigenvalue weighted by atomic mass is 9.98. The van der Waals surface area contributed by atoms with Gasteiger partial charge in [-0.05, 0) is 25.1 Å². The van der Waals surface area contributed by atoms with Crippen molar-refractivity contribution < 1.29 is 23.9 Å². The first-order valence-corrected chi connectivity index (χ1v) is 8.88. The van der Waals surface area contributed by atoms with E-state index in [1.165, 1.54) is 25.3 Å². The van der Waals surface area contributed by atoms with E-state index in [4.69, 9.17) is 9.47 Å². The van der Waals surface area contributed by atoms with Crippen molar-refractivity contribution in [2.24, 2.45) is 5.10 Å². The predicted molar refractivity (Wildman–Crippen MR) is 108 cm³/mol. The van der Waals surface area contributed by atoms with Crippen LogP contribution in [0.5, 0.6) is 0 Å². The number of carbonyl (C=O) groups is 3. The summed E-state index contributed by atoms with van der Waals surface area (Å²) in [6.45, 7) is 1.92. The molecule has 7 heteroatoms. The van der Waals surface area contributed by atoms with Crippen molar-refractivity contribution in [3.8, 4) is 0 Å². The largest absolute Gasteiger partial charge is 0.467 e. The molecule has 0 bridgehead atoms. The van der Waals surface area contributed by atoms with Gasteiger partial charge in [-0.15, -0.1) is 0 Å². The van der Waals surface area contributed by atoms with Crippen LogP contribution in [0.25, 0.3) is 0 Å². The van der Waals surface area contributed by atoms with Crippen LogP contribution < -0.4 is 5.01 Å². The highest BCUT2D eigenvalue weighted by molar-refractivity contribution is 6.50. The second-order valence-electron chi connectivity index (χ2n) is 6.38. The maximum atomic E-state index is 13.0. The number of ether oxygens (including phenoxy) is 2. The third-order valence-electron chi connectivity index (χ3n) is 4.46. The van der Waals surface area contributed by atoms with Crippen LogP contribution in [0.4, 0.5) is 5.69 Å². The number of esters is 2. The van der Waals surface area contributed by atoms with E-state index in [1.807, 2.05) is 19.1 Å². The number of hydrazone groups is 1. The zero-order valence-corrected chi connectivity index (χ0v) is 16.3. The second-order valence-corrected chi connectivity index (χ2v) is 6.38.